The molecule has 3 rings (SSSR count). The summed E-state index contributed by atoms with van der Waals surface area (Å²) in [6.07, 6.45) is 3.94. The van der Waals surface area contributed by atoms with Crippen molar-refractivity contribution in [1.29, 1.82) is 0 Å². The third-order valence-corrected chi connectivity index (χ3v) is 3.89. The van der Waals surface area contributed by atoms with Crippen LogP contribution in [-0.2, 0) is 13.6 Å². The standard InChI is InChI=1S/C16H19ClN4/c1-11(2)14-9-21(7-6-17)15-5-4-12(8-13(14)15)16-18-10-20(3)19-16/h4-5,8-11H,6-7H2,1-3H3. The molecule has 110 valence electrons. The van der Waals surface area contributed by atoms with Crippen LogP contribution in [0.15, 0.2) is 30.7 Å². The summed E-state index contributed by atoms with van der Waals surface area (Å²) in [5.74, 6) is 1.85. The summed E-state index contributed by atoms with van der Waals surface area (Å²) in [5.41, 5.74) is 3.61. The number of hydrogen-bond donors (Lipinski definition) is 0. The topological polar surface area (TPSA) is 35.6 Å². The van der Waals surface area contributed by atoms with Crippen LogP contribution in [0.2, 0.25) is 0 Å². The smallest absolute Gasteiger partial charge is 0.181 e. The van der Waals surface area contributed by atoms with E-state index in [4.69, 9.17) is 11.6 Å². The summed E-state index contributed by atoms with van der Waals surface area (Å²) in [6, 6.07) is 6.40. The molecule has 0 aliphatic rings. The van der Waals surface area contributed by atoms with Crippen molar-refractivity contribution in [3.8, 4) is 11.4 Å². The van der Waals surface area contributed by atoms with Crippen LogP contribution in [0, 0.1) is 0 Å². The Kier molecular flexibility index (Phi) is 3.72. The van der Waals surface area contributed by atoms with Gasteiger partial charge in [0.25, 0.3) is 0 Å². The predicted molar refractivity (Wildman–Crippen MR) is 86.7 cm³/mol. The first-order valence-corrected chi connectivity index (χ1v) is 7.68. The lowest BCUT2D eigenvalue weighted by Gasteiger charge is -2.03. The first kappa shape index (κ1) is 14.1. The van der Waals surface area contributed by atoms with Crippen molar-refractivity contribution in [2.24, 2.45) is 7.05 Å². The molecule has 3 aromatic rings. The molecule has 0 amide bonds. The second kappa shape index (κ2) is 5.53. The van der Waals surface area contributed by atoms with E-state index < -0.39 is 0 Å². The van der Waals surface area contributed by atoms with Crippen LogP contribution in [0.3, 0.4) is 0 Å². The highest BCUT2D eigenvalue weighted by Crippen LogP contribution is 2.30. The lowest BCUT2D eigenvalue weighted by Crippen LogP contribution is -1.96. The molecule has 0 saturated heterocycles. The SMILES string of the molecule is CC(C)c1cn(CCCl)c2ccc(-c3ncn(C)n3)cc12. The number of aryl methyl sites for hydroxylation is 2. The van der Waals surface area contributed by atoms with Gasteiger partial charge in [0.15, 0.2) is 5.82 Å². The molecule has 0 unspecified atom stereocenters. The number of nitrogens with zero attached hydrogens (tertiary/aromatic N) is 4. The molecular formula is C16H19ClN4. The normalized spacial score (nSPS) is 11.7. The summed E-state index contributed by atoms with van der Waals surface area (Å²) in [4.78, 5) is 4.33. The maximum Gasteiger partial charge on any atom is 0.181 e. The Hall–Kier alpha value is -1.81. The van der Waals surface area contributed by atoms with Crippen LogP contribution in [0.4, 0.5) is 0 Å². The maximum atomic E-state index is 5.91. The average molecular weight is 303 g/mol. The number of fused-ring (bicyclic) bond motifs is 1. The lowest BCUT2D eigenvalue weighted by molar-refractivity contribution is 0.768. The molecule has 0 fully saturated rings. The fourth-order valence-corrected chi connectivity index (χ4v) is 2.85. The van der Waals surface area contributed by atoms with Gasteiger partial charge in [-0.25, -0.2) is 4.98 Å². The van der Waals surface area contributed by atoms with E-state index >= 15 is 0 Å². The van der Waals surface area contributed by atoms with Gasteiger partial charge in [-0.2, -0.15) is 5.10 Å². The maximum absolute atomic E-state index is 5.91. The number of alkyl halides is 1. The number of hydrogen-bond acceptors (Lipinski definition) is 2. The van der Waals surface area contributed by atoms with Gasteiger partial charge in [-0.15, -0.1) is 11.6 Å². The molecule has 0 spiro atoms. The van der Waals surface area contributed by atoms with Crippen molar-refractivity contribution in [1.82, 2.24) is 19.3 Å². The molecule has 0 saturated carbocycles. The number of rotatable bonds is 4. The average Bonchev–Trinajstić information content (AvgIpc) is 3.03. The minimum atomic E-state index is 0.469. The van der Waals surface area contributed by atoms with Crippen LogP contribution in [0.5, 0.6) is 0 Å². The molecule has 0 aliphatic carbocycles. The molecule has 0 bridgehead atoms. The summed E-state index contributed by atoms with van der Waals surface area (Å²) in [6.45, 7) is 5.25. The molecule has 0 radical (unpaired) electrons. The van der Waals surface area contributed by atoms with Gasteiger partial charge < -0.3 is 4.57 Å². The molecular weight excluding hydrogens is 284 g/mol. The number of aromatic nitrogens is 4. The molecule has 0 atom stereocenters. The van der Waals surface area contributed by atoms with E-state index in [9.17, 15) is 0 Å². The Bertz CT molecular complexity index is 770. The van der Waals surface area contributed by atoms with E-state index in [2.05, 4.69) is 52.9 Å². The van der Waals surface area contributed by atoms with Crippen LogP contribution in [0.25, 0.3) is 22.3 Å². The summed E-state index contributed by atoms with van der Waals surface area (Å²) < 4.78 is 3.95. The van der Waals surface area contributed by atoms with Gasteiger partial charge in [0.1, 0.15) is 6.33 Å². The summed E-state index contributed by atoms with van der Waals surface area (Å²) in [7, 11) is 1.88. The van der Waals surface area contributed by atoms with Crippen LogP contribution >= 0.6 is 11.6 Å². The monoisotopic (exact) mass is 302 g/mol. The number of benzene rings is 1. The molecule has 0 aliphatic heterocycles. The summed E-state index contributed by atoms with van der Waals surface area (Å²) >= 11 is 5.91. The highest BCUT2D eigenvalue weighted by atomic mass is 35.5. The van der Waals surface area contributed by atoms with E-state index in [1.807, 2.05) is 7.05 Å². The van der Waals surface area contributed by atoms with Crippen LogP contribution in [0.1, 0.15) is 25.3 Å². The van der Waals surface area contributed by atoms with Crippen molar-refractivity contribution < 1.29 is 0 Å². The van der Waals surface area contributed by atoms with Crippen LogP contribution < -0.4 is 0 Å². The van der Waals surface area contributed by atoms with E-state index in [0.717, 1.165) is 17.9 Å². The zero-order valence-electron chi connectivity index (χ0n) is 12.5. The van der Waals surface area contributed by atoms with Gasteiger partial charge in [-0.1, -0.05) is 13.8 Å². The van der Waals surface area contributed by atoms with Crippen LogP contribution in [-0.4, -0.2) is 25.2 Å². The second-order valence-corrected chi connectivity index (χ2v) is 5.97. The largest absolute Gasteiger partial charge is 0.346 e. The van der Waals surface area contributed by atoms with Crippen molar-refractivity contribution >= 4 is 22.5 Å². The fourth-order valence-electron chi connectivity index (χ4n) is 2.67. The Morgan fingerprint density at radius 2 is 2.10 bits per heavy atom. The molecule has 5 heteroatoms. The van der Waals surface area contributed by atoms with E-state index in [-0.39, 0.29) is 0 Å². The van der Waals surface area contributed by atoms with Gasteiger partial charge in [0, 0.05) is 42.1 Å². The van der Waals surface area contributed by atoms with Crippen molar-refractivity contribution in [3.63, 3.8) is 0 Å². The zero-order valence-corrected chi connectivity index (χ0v) is 13.3. The van der Waals surface area contributed by atoms with Gasteiger partial charge in [0.2, 0.25) is 0 Å². The Morgan fingerprint density at radius 1 is 1.29 bits per heavy atom. The first-order chi connectivity index (χ1) is 10.1. The molecule has 1 aromatic carbocycles. The zero-order chi connectivity index (χ0) is 15.0. The number of halogens is 1. The van der Waals surface area contributed by atoms with E-state index in [1.165, 1.54) is 16.5 Å². The highest BCUT2D eigenvalue weighted by molar-refractivity contribution is 6.17. The third kappa shape index (κ3) is 2.56. The first-order valence-electron chi connectivity index (χ1n) is 7.15. The molecule has 2 aromatic heterocycles. The van der Waals surface area contributed by atoms with Crippen molar-refractivity contribution in [2.75, 3.05) is 5.88 Å². The quantitative estimate of drug-likeness (QED) is 0.687. The van der Waals surface area contributed by atoms with Crippen molar-refractivity contribution in [2.45, 2.75) is 26.3 Å². The lowest BCUT2D eigenvalue weighted by atomic mass is 10.0. The minimum absolute atomic E-state index is 0.469. The fraction of sp³-hybridized carbons (Fsp3) is 0.375. The van der Waals surface area contributed by atoms with Crippen molar-refractivity contribution in [3.05, 3.63) is 36.3 Å². The molecule has 0 N–H and O–H groups in total. The van der Waals surface area contributed by atoms with E-state index in [1.54, 1.807) is 11.0 Å². The van der Waals surface area contributed by atoms with Gasteiger partial charge in [-0.3, -0.25) is 4.68 Å². The highest BCUT2D eigenvalue weighted by Gasteiger charge is 2.13. The predicted octanol–water partition coefficient (Wildman–Crippen LogP) is 3.80. The Morgan fingerprint density at radius 3 is 2.71 bits per heavy atom. The summed E-state index contributed by atoms with van der Waals surface area (Å²) in [5, 5.41) is 5.65. The third-order valence-electron chi connectivity index (χ3n) is 3.72. The molecule has 2 heterocycles. The minimum Gasteiger partial charge on any atom is -0.346 e. The second-order valence-electron chi connectivity index (χ2n) is 5.60. The van der Waals surface area contributed by atoms with Gasteiger partial charge in [0.05, 0.1) is 0 Å². The molecule has 21 heavy (non-hydrogen) atoms. The van der Waals surface area contributed by atoms with Gasteiger partial charge in [-0.05, 0) is 29.7 Å². The Labute approximate surface area is 129 Å². The molecule has 4 nitrogen and oxygen atoms in total. The van der Waals surface area contributed by atoms with Gasteiger partial charge >= 0.3 is 0 Å². The van der Waals surface area contributed by atoms with E-state index in [0.29, 0.717) is 11.8 Å². The Balaban J connectivity index is 2.17.